The van der Waals surface area contributed by atoms with Crippen LogP contribution in [0.2, 0.25) is 5.02 Å². The second-order valence-corrected chi connectivity index (χ2v) is 4.37. The zero-order valence-electron chi connectivity index (χ0n) is 7.96. The van der Waals surface area contributed by atoms with Crippen molar-refractivity contribution in [3.63, 3.8) is 0 Å². The Morgan fingerprint density at radius 2 is 2.27 bits per heavy atom. The second-order valence-electron chi connectivity index (χ2n) is 3.05. The first-order valence-corrected chi connectivity index (χ1v) is 5.67. The number of hydrogen-bond acceptors (Lipinski definition) is 2. The van der Waals surface area contributed by atoms with E-state index in [2.05, 4.69) is 21.2 Å². The molecule has 0 radical (unpaired) electrons. The van der Waals surface area contributed by atoms with Crippen LogP contribution in [0, 0.1) is 0 Å². The minimum atomic E-state index is -0.779. The smallest absolute Gasteiger partial charge is 0.303 e. The van der Waals surface area contributed by atoms with Gasteiger partial charge in [0.15, 0.2) is 0 Å². The summed E-state index contributed by atoms with van der Waals surface area (Å²) in [6.45, 7) is 0.605. The van der Waals surface area contributed by atoms with Crippen LogP contribution in [0.4, 0.5) is 5.69 Å². The molecule has 0 aliphatic carbocycles. The van der Waals surface area contributed by atoms with Gasteiger partial charge in [-0.05, 0) is 24.6 Å². The molecule has 0 spiro atoms. The van der Waals surface area contributed by atoms with Gasteiger partial charge in [0.1, 0.15) is 0 Å². The molecule has 0 saturated carbocycles. The molecule has 0 aliphatic rings. The lowest BCUT2D eigenvalue weighted by atomic mass is 10.3. The Morgan fingerprint density at radius 3 is 2.87 bits per heavy atom. The van der Waals surface area contributed by atoms with Gasteiger partial charge in [-0.15, -0.1) is 0 Å². The maximum absolute atomic E-state index is 10.3. The van der Waals surface area contributed by atoms with E-state index in [4.69, 9.17) is 16.7 Å². The molecule has 1 aromatic carbocycles. The molecule has 0 amide bonds. The number of halogens is 2. The molecule has 15 heavy (non-hydrogen) atoms. The van der Waals surface area contributed by atoms with E-state index >= 15 is 0 Å². The average molecular weight is 293 g/mol. The first-order chi connectivity index (χ1) is 7.09. The van der Waals surface area contributed by atoms with Crippen molar-refractivity contribution in [2.24, 2.45) is 0 Å². The van der Waals surface area contributed by atoms with Gasteiger partial charge in [0.05, 0.1) is 10.7 Å². The third-order valence-electron chi connectivity index (χ3n) is 1.81. The normalized spacial score (nSPS) is 10.0. The number of aliphatic carboxylic acids is 1. The number of hydrogen-bond donors (Lipinski definition) is 2. The molecule has 0 heterocycles. The van der Waals surface area contributed by atoms with Gasteiger partial charge in [0, 0.05) is 17.4 Å². The Kier molecular flexibility index (Phi) is 4.91. The molecule has 0 atom stereocenters. The van der Waals surface area contributed by atoms with Crippen molar-refractivity contribution < 1.29 is 9.90 Å². The fraction of sp³-hybridized carbons (Fsp3) is 0.300. The minimum Gasteiger partial charge on any atom is -0.481 e. The first-order valence-electron chi connectivity index (χ1n) is 4.50. The van der Waals surface area contributed by atoms with Crippen LogP contribution in [-0.4, -0.2) is 17.6 Å². The van der Waals surface area contributed by atoms with Crippen molar-refractivity contribution in [1.82, 2.24) is 0 Å². The minimum absolute atomic E-state index is 0.168. The van der Waals surface area contributed by atoms with E-state index in [1.54, 1.807) is 6.07 Å². The van der Waals surface area contributed by atoms with Gasteiger partial charge in [0.25, 0.3) is 0 Å². The Bertz CT molecular complexity index is 357. The number of carbonyl (C=O) groups is 1. The summed E-state index contributed by atoms with van der Waals surface area (Å²) in [6, 6.07) is 5.53. The van der Waals surface area contributed by atoms with Gasteiger partial charge in [-0.25, -0.2) is 0 Å². The fourth-order valence-electron chi connectivity index (χ4n) is 1.10. The summed E-state index contributed by atoms with van der Waals surface area (Å²) < 4.78 is 0.920. The van der Waals surface area contributed by atoms with E-state index in [9.17, 15) is 4.79 Å². The van der Waals surface area contributed by atoms with Gasteiger partial charge < -0.3 is 10.4 Å². The van der Waals surface area contributed by atoms with Crippen molar-refractivity contribution >= 4 is 39.2 Å². The highest BCUT2D eigenvalue weighted by molar-refractivity contribution is 9.10. The molecular formula is C10H11BrClNO2. The summed E-state index contributed by atoms with van der Waals surface area (Å²) in [5, 5.41) is 12.1. The van der Waals surface area contributed by atoms with Crippen LogP contribution < -0.4 is 5.32 Å². The summed E-state index contributed by atoms with van der Waals surface area (Å²) in [7, 11) is 0. The molecule has 0 aliphatic heterocycles. The topological polar surface area (TPSA) is 49.3 Å². The summed E-state index contributed by atoms with van der Waals surface area (Å²) >= 11 is 9.27. The van der Waals surface area contributed by atoms with Crippen molar-refractivity contribution in [2.45, 2.75) is 12.8 Å². The highest BCUT2D eigenvalue weighted by atomic mass is 79.9. The number of benzene rings is 1. The highest BCUT2D eigenvalue weighted by Gasteiger charge is 2.01. The molecule has 1 rings (SSSR count). The molecule has 0 saturated heterocycles. The Hall–Kier alpha value is -0.740. The van der Waals surface area contributed by atoms with Crippen molar-refractivity contribution in [2.75, 3.05) is 11.9 Å². The number of anilines is 1. The maximum atomic E-state index is 10.3. The highest BCUT2D eigenvalue weighted by Crippen LogP contribution is 2.25. The van der Waals surface area contributed by atoms with Gasteiger partial charge in [-0.1, -0.05) is 27.5 Å². The lowest BCUT2D eigenvalue weighted by Crippen LogP contribution is -2.05. The van der Waals surface area contributed by atoms with Crippen LogP contribution in [0.25, 0.3) is 0 Å². The number of carboxylic acids is 1. The predicted molar refractivity (Wildman–Crippen MR) is 64.5 cm³/mol. The largest absolute Gasteiger partial charge is 0.481 e. The van der Waals surface area contributed by atoms with E-state index in [1.165, 1.54) is 0 Å². The summed E-state index contributed by atoms with van der Waals surface area (Å²) in [6.07, 6.45) is 0.753. The zero-order valence-corrected chi connectivity index (χ0v) is 10.3. The third-order valence-corrected chi connectivity index (χ3v) is 2.62. The monoisotopic (exact) mass is 291 g/mol. The molecular weight excluding hydrogens is 281 g/mol. The van der Waals surface area contributed by atoms with E-state index in [1.807, 2.05) is 12.1 Å². The van der Waals surface area contributed by atoms with Crippen LogP contribution in [0.5, 0.6) is 0 Å². The average Bonchev–Trinajstić information content (AvgIpc) is 2.14. The van der Waals surface area contributed by atoms with Crippen LogP contribution in [-0.2, 0) is 4.79 Å². The molecule has 0 aromatic heterocycles. The fourth-order valence-corrected chi connectivity index (χ4v) is 1.84. The van der Waals surface area contributed by atoms with Gasteiger partial charge >= 0.3 is 5.97 Å². The molecule has 82 valence electrons. The first kappa shape index (κ1) is 12.3. The Morgan fingerprint density at radius 1 is 1.53 bits per heavy atom. The van der Waals surface area contributed by atoms with Crippen LogP contribution in [0.15, 0.2) is 22.7 Å². The molecule has 0 fully saturated rings. The quantitative estimate of drug-likeness (QED) is 0.818. The zero-order chi connectivity index (χ0) is 11.3. The number of rotatable bonds is 5. The Labute approximate surface area is 102 Å². The third kappa shape index (κ3) is 4.53. The maximum Gasteiger partial charge on any atom is 0.303 e. The lowest BCUT2D eigenvalue weighted by Gasteiger charge is -2.07. The molecule has 2 N–H and O–H groups in total. The van der Waals surface area contributed by atoms with Crippen LogP contribution in [0.1, 0.15) is 12.8 Å². The predicted octanol–water partition coefficient (Wildman–Crippen LogP) is 3.38. The number of carboxylic acid groups (broad SMARTS) is 1. The molecule has 1 aromatic rings. The van der Waals surface area contributed by atoms with Gasteiger partial charge in [-0.3, -0.25) is 4.79 Å². The molecule has 3 nitrogen and oxygen atoms in total. The van der Waals surface area contributed by atoms with Crippen molar-refractivity contribution in [3.05, 3.63) is 27.7 Å². The lowest BCUT2D eigenvalue weighted by molar-refractivity contribution is -0.137. The van der Waals surface area contributed by atoms with Crippen molar-refractivity contribution in [3.8, 4) is 0 Å². The second kappa shape index (κ2) is 5.98. The SMILES string of the molecule is O=C(O)CCCNc1ccc(Br)cc1Cl. The van der Waals surface area contributed by atoms with Crippen LogP contribution >= 0.6 is 27.5 Å². The summed E-state index contributed by atoms with van der Waals surface area (Å²) in [4.78, 5) is 10.3. The number of nitrogens with one attached hydrogen (secondary N) is 1. The molecule has 0 unspecified atom stereocenters. The van der Waals surface area contributed by atoms with Crippen LogP contribution in [0.3, 0.4) is 0 Å². The van der Waals surface area contributed by atoms with Crippen molar-refractivity contribution in [1.29, 1.82) is 0 Å². The molecule has 0 bridgehead atoms. The molecule has 5 heteroatoms. The summed E-state index contributed by atoms with van der Waals surface area (Å²) in [5.74, 6) is -0.779. The van der Waals surface area contributed by atoms with Gasteiger partial charge in [0.2, 0.25) is 0 Å². The van der Waals surface area contributed by atoms with E-state index in [0.29, 0.717) is 18.0 Å². The van der Waals surface area contributed by atoms with E-state index in [0.717, 1.165) is 10.2 Å². The van der Waals surface area contributed by atoms with E-state index in [-0.39, 0.29) is 6.42 Å². The van der Waals surface area contributed by atoms with E-state index < -0.39 is 5.97 Å². The summed E-state index contributed by atoms with van der Waals surface area (Å²) in [5.41, 5.74) is 0.824. The standard InChI is InChI=1S/C10H11BrClNO2/c11-7-3-4-9(8(12)6-7)13-5-1-2-10(14)15/h3-4,6,13H,1-2,5H2,(H,14,15). The Balaban J connectivity index is 2.40. The van der Waals surface area contributed by atoms with Gasteiger partial charge in [-0.2, -0.15) is 0 Å².